The van der Waals surface area contributed by atoms with Crippen LogP contribution >= 0.6 is 0 Å². The van der Waals surface area contributed by atoms with E-state index in [9.17, 15) is 25.9 Å². The van der Waals surface area contributed by atoms with Crippen molar-refractivity contribution in [3.63, 3.8) is 0 Å². The van der Waals surface area contributed by atoms with Crippen molar-refractivity contribution in [3.8, 4) is 0 Å². The third-order valence-electron chi connectivity index (χ3n) is 11.1. The summed E-state index contributed by atoms with van der Waals surface area (Å²) in [5.74, 6) is 1.66. The monoisotopic (exact) mass is 795 g/mol. The van der Waals surface area contributed by atoms with Gasteiger partial charge >= 0.3 is 0 Å². The van der Waals surface area contributed by atoms with Gasteiger partial charge in [0.1, 0.15) is 0 Å². The van der Waals surface area contributed by atoms with E-state index in [0.717, 1.165) is 50.4 Å². The van der Waals surface area contributed by atoms with Crippen LogP contribution in [0.2, 0.25) is 0 Å². The summed E-state index contributed by atoms with van der Waals surface area (Å²) in [6.45, 7) is 9.49. The second-order valence-electron chi connectivity index (χ2n) is 17.3. The minimum atomic E-state index is -4.17. The second kappa shape index (κ2) is 36.1. The molecule has 0 rings (SSSR count). The zero-order valence-corrected chi connectivity index (χ0v) is 37.2. The van der Waals surface area contributed by atoms with Gasteiger partial charge in [0.15, 0.2) is 0 Å². The van der Waals surface area contributed by atoms with Crippen molar-refractivity contribution in [2.75, 3.05) is 13.2 Å². The maximum absolute atomic E-state index is 12.0. The first-order valence-corrected chi connectivity index (χ1v) is 25.8. The molecule has 9 heteroatoms. The van der Waals surface area contributed by atoms with Crippen molar-refractivity contribution in [1.29, 1.82) is 0 Å². The minimum Gasteiger partial charge on any atom is -0.381 e. The predicted octanol–water partition coefficient (Wildman–Crippen LogP) is 14.1. The van der Waals surface area contributed by atoms with E-state index in [2.05, 4.69) is 27.7 Å². The van der Waals surface area contributed by atoms with Gasteiger partial charge in [-0.2, -0.15) is 16.8 Å². The van der Waals surface area contributed by atoms with Gasteiger partial charge in [-0.1, -0.05) is 220 Å². The first kappa shape index (κ1) is 52.8. The van der Waals surface area contributed by atoms with Gasteiger partial charge in [0, 0.05) is 13.2 Å². The standard InChI is InChI=1S/C44H90O7S2/c1-41(2)33-29-25-21-17-13-9-5-7-11-15-19-23-27-31-35-43(52(45,46)47)37-39-51-40-38-44(53(48,49)50)36-32-28-24-20-16-12-8-6-10-14-18-22-26-30-34-42(3)4/h41-44H,5-40H2,1-4H3,(H,45,46,47)(H,48,49,50). The molecule has 2 N–H and O–H groups in total. The Labute approximate surface area is 331 Å². The highest BCUT2D eigenvalue weighted by Crippen LogP contribution is 2.20. The molecule has 0 aliphatic heterocycles. The summed E-state index contributed by atoms with van der Waals surface area (Å²) >= 11 is 0. The van der Waals surface area contributed by atoms with Crippen LogP contribution in [0.4, 0.5) is 0 Å². The molecule has 0 amide bonds. The molecule has 0 aromatic rings. The Balaban J connectivity index is 3.86. The summed E-state index contributed by atoms with van der Waals surface area (Å²) in [4.78, 5) is 0. The summed E-state index contributed by atoms with van der Waals surface area (Å²) in [6, 6.07) is 0. The molecule has 0 saturated heterocycles. The Morgan fingerprint density at radius 3 is 0.698 bits per heavy atom. The first-order valence-electron chi connectivity index (χ1n) is 22.8. The molecular weight excluding hydrogens is 705 g/mol. The van der Waals surface area contributed by atoms with Crippen molar-refractivity contribution in [2.24, 2.45) is 11.8 Å². The van der Waals surface area contributed by atoms with E-state index in [0.29, 0.717) is 12.8 Å². The van der Waals surface area contributed by atoms with Gasteiger partial charge < -0.3 is 4.74 Å². The van der Waals surface area contributed by atoms with Gasteiger partial charge in [-0.15, -0.1) is 0 Å². The topological polar surface area (TPSA) is 118 Å². The molecule has 0 aromatic heterocycles. The normalized spacial score (nSPS) is 13.7. The van der Waals surface area contributed by atoms with E-state index >= 15 is 0 Å². The smallest absolute Gasteiger partial charge is 0.267 e. The Hall–Kier alpha value is -0.220. The van der Waals surface area contributed by atoms with Crippen molar-refractivity contribution in [2.45, 2.75) is 257 Å². The Bertz CT molecular complexity index is 904. The molecule has 0 saturated carbocycles. The summed E-state index contributed by atoms with van der Waals surface area (Å²) in [5.41, 5.74) is 0. The van der Waals surface area contributed by atoms with E-state index < -0.39 is 30.7 Å². The van der Waals surface area contributed by atoms with Crippen LogP contribution in [0.15, 0.2) is 0 Å². The lowest BCUT2D eigenvalue weighted by atomic mass is 10.0. The highest BCUT2D eigenvalue weighted by atomic mass is 32.2. The maximum Gasteiger partial charge on any atom is 0.267 e. The van der Waals surface area contributed by atoms with Crippen LogP contribution in [-0.2, 0) is 25.0 Å². The zero-order valence-electron chi connectivity index (χ0n) is 35.5. The largest absolute Gasteiger partial charge is 0.381 e. The van der Waals surface area contributed by atoms with Gasteiger partial charge in [-0.3, -0.25) is 9.11 Å². The lowest BCUT2D eigenvalue weighted by Gasteiger charge is -2.16. The van der Waals surface area contributed by atoms with Gasteiger partial charge in [0.05, 0.1) is 10.5 Å². The average molecular weight is 795 g/mol. The van der Waals surface area contributed by atoms with E-state index in [4.69, 9.17) is 4.74 Å². The Morgan fingerprint density at radius 1 is 0.321 bits per heavy atom. The van der Waals surface area contributed by atoms with Crippen molar-refractivity contribution in [1.82, 2.24) is 0 Å². The van der Waals surface area contributed by atoms with Crippen LogP contribution in [0.1, 0.15) is 246 Å². The molecule has 0 bridgehead atoms. The summed E-state index contributed by atoms with van der Waals surface area (Å²) in [5, 5.41) is -1.71. The molecule has 7 nitrogen and oxygen atoms in total. The van der Waals surface area contributed by atoms with E-state index in [-0.39, 0.29) is 26.1 Å². The quantitative estimate of drug-likeness (QED) is 0.0466. The molecule has 0 aliphatic rings. The molecule has 0 fully saturated rings. The number of hydrogen-bond donors (Lipinski definition) is 2. The number of unbranched alkanes of at least 4 members (excludes halogenated alkanes) is 26. The molecular formula is C44H90O7S2. The number of rotatable bonds is 42. The first-order chi connectivity index (χ1) is 25.3. The van der Waals surface area contributed by atoms with Crippen LogP contribution in [0, 0.1) is 11.8 Å². The molecule has 0 spiro atoms. The molecule has 2 unspecified atom stereocenters. The van der Waals surface area contributed by atoms with E-state index in [1.807, 2.05) is 0 Å². The fourth-order valence-corrected chi connectivity index (χ4v) is 9.23. The molecule has 53 heavy (non-hydrogen) atoms. The highest BCUT2D eigenvalue weighted by molar-refractivity contribution is 7.86. The van der Waals surface area contributed by atoms with Crippen molar-refractivity contribution >= 4 is 20.2 Å². The summed E-state index contributed by atoms with van der Waals surface area (Å²) in [6.07, 6.45) is 38.6. The minimum absolute atomic E-state index is 0.138. The third-order valence-corrected chi connectivity index (χ3v) is 13.8. The summed E-state index contributed by atoms with van der Waals surface area (Å²) < 4.78 is 72.9. The average Bonchev–Trinajstić information content (AvgIpc) is 3.07. The van der Waals surface area contributed by atoms with Gasteiger partial charge in [-0.05, 0) is 37.5 Å². The second-order valence-corrected chi connectivity index (χ2v) is 20.7. The molecule has 2 atom stereocenters. The van der Waals surface area contributed by atoms with Crippen LogP contribution in [-0.4, -0.2) is 49.7 Å². The molecule has 0 radical (unpaired) electrons. The van der Waals surface area contributed by atoms with Crippen molar-refractivity contribution in [3.05, 3.63) is 0 Å². The maximum atomic E-state index is 12.0. The Morgan fingerprint density at radius 2 is 0.509 bits per heavy atom. The van der Waals surface area contributed by atoms with E-state index in [1.165, 1.54) is 154 Å². The zero-order chi connectivity index (χ0) is 39.5. The fourth-order valence-electron chi connectivity index (χ4n) is 7.51. The van der Waals surface area contributed by atoms with Crippen molar-refractivity contribution < 1.29 is 30.7 Å². The molecule has 0 heterocycles. The summed E-state index contributed by atoms with van der Waals surface area (Å²) in [7, 11) is -8.33. The van der Waals surface area contributed by atoms with Crippen LogP contribution in [0.5, 0.6) is 0 Å². The predicted molar refractivity (Wildman–Crippen MR) is 228 cm³/mol. The van der Waals surface area contributed by atoms with E-state index in [1.54, 1.807) is 0 Å². The number of hydrogen-bond acceptors (Lipinski definition) is 5. The van der Waals surface area contributed by atoms with Crippen LogP contribution < -0.4 is 0 Å². The SMILES string of the molecule is CC(C)CCCCCCCCCCCCCCCCC(CCOCCC(CCCCCCCCCCCCCCCCC(C)C)S(=O)(=O)O)S(=O)(=O)O. The molecule has 0 aromatic carbocycles. The molecule has 320 valence electrons. The molecule has 0 aliphatic carbocycles. The van der Waals surface area contributed by atoms with Crippen LogP contribution in [0.3, 0.4) is 0 Å². The van der Waals surface area contributed by atoms with Crippen LogP contribution in [0.25, 0.3) is 0 Å². The number of ether oxygens (including phenoxy) is 1. The fraction of sp³-hybridized carbons (Fsp3) is 1.00. The lowest BCUT2D eigenvalue weighted by molar-refractivity contribution is 0.125. The third kappa shape index (κ3) is 38.4. The van der Waals surface area contributed by atoms with Gasteiger partial charge in [-0.25, -0.2) is 0 Å². The Kier molecular flexibility index (Phi) is 36.0. The van der Waals surface area contributed by atoms with Gasteiger partial charge in [0.25, 0.3) is 20.2 Å². The highest BCUT2D eigenvalue weighted by Gasteiger charge is 2.24. The van der Waals surface area contributed by atoms with Gasteiger partial charge in [0.2, 0.25) is 0 Å². The lowest BCUT2D eigenvalue weighted by Crippen LogP contribution is -2.24.